The lowest BCUT2D eigenvalue weighted by Gasteiger charge is -2.01. The van der Waals surface area contributed by atoms with E-state index >= 15 is 0 Å². The number of aromatic nitrogens is 1. The molecule has 1 aromatic heterocycles. The molecule has 0 atom stereocenters. The van der Waals surface area contributed by atoms with Crippen LogP contribution in [0.15, 0.2) is 47.5 Å². The summed E-state index contributed by atoms with van der Waals surface area (Å²) in [6.07, 6.45) is 3.83. The maximum atomic E-state index is 12.7. The molecule has 0 aliphatic heterocycles. The van der Waals surface area contributed by atoms with Gasteiger partial charge in [0.25, 0.3) is 0 Å². The fourth-order valence-corrected chi connectivity index (χ4v) is 1.65. The van der Waals surface area contributed by atoms with Gasteiger partial charge < -0.3 is 0 Å². The number of rotatable bonds is 2. The van der Waals surface area contributed by atoms with Crippen LogP contribution in [-0.2, 0) is 0 Å². The van der Waals surface area contributed by atoms with E-state index in [1.807, 2.05) is 24.6 Å². The summed E-state index contributed by atoms with van der Waals surface area (Å²) in [5, 5.41) is 0. The molecule has 0 unspecified atom stereocenters. The molecule has 1 aromatic carbocycles. The molecule has 3 heteroatoms. The topological polar surface area (TPSA) is 12.9 Å². The molecule has 0 aliphatic carbocycles. The number of thioether (sulfide) groups is 1. The highest BCUT2D eigenvalue weighted by atomic mass is 32.2. The molecule has 76 valence electrons. The van der Waals surface area contributed by atoms with E-state index in [1.54, 1.807) is 23.9 Å². The summed E-state index contributed by atoms with van der Waals surface area (Å²) in [4.78, 5) is 5.43. The summed E-state index contributed by atoms with van der Waals surface area (Å²) >= 11 is 1.65. The van der Waals surface area contributed by atoms with Gasteiger partial charge in [0.2, 0.25) is 0 Å². The first-order chi connectivity index (χ1) is 7.29. The monoisotopic (exact) mass is 219 g/mol. The Kier molecular flexibility index (Phi) is 3.02. The van der Waals surface area contributed by atoms with Crippen molar-refractivity contribution in [2.24, 2.45) is 0 Å². The maximum Gasteiger partial charge on any atom is 0.123 e. The van der Waals surface area contributed by atoms with Crippen LogP contribution in [0.5, 0.6) is 0 Å². The molecule has 0 saturated heterocycles. The van der Waals surface area contributed by atoms with Crippen molar-refractivity contribution in [2.45, 2.75) is 4.90 Å². The minimum Gasteiger partial charge on any atom is -0.255 e. The predicted molar refractivity (Wildman–Crippen MR) is 61.4 cm³/mol. The van der Waals surface area contributed by atoms with Gasteiger partial charge in [-0.15, -0.1) is 11.8 Å². The zero-order valence-electron chi connectivity index (χ0n) is 8.27. The Hall–Kier alpha value is -1.35. The molecular formula is C12H10FNS. The Labute approximate surface area is 92.4 Å². The third-order valence-electron chi connectivity index (χ3n) is 2.11. The van der Waals surface area contributed by atoms with Crippen LogP contribution in [0.4, 0.5) is 4.39 Å². The Balaban J connectivity index is 2.33. The molecule has 0 N–H and O–H groups in total. The van der Waals surface area contributed by atoms with Gasteiger partial charge >= 0.3 is 0 Å². The highest BCUT2D eigenvalue weighted by Crippen LogP contribution is 2.20. The van der Waals surface area contributed by atoms with E-state index in [9.17, 15) is 4.39 Å². The third kappa shape index (κ3) is 2.36. The van der Waals surface area contributed by atoms with Crippen molar-refractivity contribution >= 4 is 11.8 Å². The van der Waals surface area contributed by atoms with Crippen LogP contribution in [0.25, 0.3) is 11.3 Å². The minimum absolute atomic E-state index is 0.223. The van der Waals surface area contributed by atoms with E-state index in [0.29, 0.717) is 0 Å². The van der Waals surface area contributed by atoms with Gasteiger partial charge in [-0.25, -0.2) is 4.39 Å². The summed E-state index contributed by atoms with van der Waals surface area (Å²) in [7, 11) is 0. The van der Waals surface area contributed by atoms with Gasteiger partial charge in [-0.3, -0.25) is 4.98 Å². The van der Waals surface area contributed by atoms with Crippen LogP contribution < -0.4 is 0 Å². The number of hydrogen-bond acceptors (Lipinski definition) is 2. The number of benzene rings is 1. The lowest BCUT2D eigenvalue weighted by atomic mass is 10.1. The molecule has 0 saturated carbocycles. The van der Waals surface area contributed by atoms with E-state index in [-0.39, 0.29) is 5.82 Å². The molecule has 0 spiro atoms. The van der Waals surface area contributed by atoms with Gasteiger partial charge in [0.15, 0.2) is 0 Å². The van der Waals surface area contributed by atoms with Crippen LogP contribution in [0, 0.1) is 5.82 Å². The molecule has 15 heavy (non-hydrogen) atoms. The van der Waals surface area contributed by atoms with Crippen molar-refractivity contribution in [3.05, 3.63) is 48.4 Å². The average molecular weight is 219 g/mol. The predicted octanol–water partition coefficient (Wildman–Crippen LogP) is 3.61. The second-order valence-electron chi connectivity index (χ2n) is 3.09. The quantitative estimate of drug-likeness (QED) is 0.716. The maximum absolute atomic E-state index is 12.7. The summed E-state index contributed by atoms with van der Waals surface area (Å²) in [5.74, 6) is -0.223. The molecule has 0 fully saturated rings. The van der Waals surface area contributed by atoms with Crippen molar-refractivity contribution in [3.8, 4) is 11.3 Å². The molecule has 0 amide bonds. The van der Waals surface area contributed by atoms with Gasteiger partial charge in [0, 0.05) is 16.7 Å². The standard InChI is InChI=1S/C12H10FNS/c1-15-11-6-7-12(14-8-11)9-2-4-10(13)5-3-9/h2-8H,1H3. The van der Waals surface area contributed by atoms with Crippen LogP contribution in [0.1, 0.15) is 0 Å². The minimum atomic E-state index is -0.223. The Morgan fingerprint density at radius 1 is 1.07 bits per heavy atom. The first-order valence-electron chi connectivity index (χ1n) is 4.55. The first kappa shape index (κ1) is 10.2. The highest BCUT2D eigenvalue weighted by Gasteiger charge is 1.99. The molecular weight excluding hydrogens is 209 g/mol. The van der Waals surface area contributed by atoms with Crippen molar-refractivity contribution in [1.29, 1.82) is 0 Å². The molecule has 1 heterocycles. The van der Waals surface area contributed by atoms with Crippen LogP contribution in [0.3, 0.4) is 0 Å². The summed E-state index contributed by atoms with van der Waals surface area (Å²) in [6, 6.07) is 10.3. The smallest absolute Gasteiger partial charge is 0.123 e. The largest absolute Gasteiger partial charge is 0.255 e. The number of hydrogen-bond donors (Lipinski definition) is 0. The van der Waals surface area contributed by atoms with Gasteiger partial charge in [0.05, 0.1) is 5.69 Å². The van der Waals surface area contributed by atoms with Crippen molar-refractivity contribution in [2.75, 3.05) is 6.26 Å². The Morgan fingerprint density at radius 3 is 2.33 bits per heavy atom. The molecule has 0 radical (unpaired) electrons. The fourth-order valence-electron chi connectivity index (χ4n) is 1.29. The number of pyridine rings is 1. The summed E-state index contributed by atoms with van der Waals surface area (Å²) < 4.78 is 12.7. The van der Waals surface area contributed by atoms with E-state index in [2.05, 4.69) is 4.98 Å². The van der Waals surface area contributed by atoms with Crippen LogP contribution in [0.2, 0.25) is 0 Å². The lowest BCUT2D eigenvalue weighted by Crippen LogP contribution is -1.83. The van der Waals surface area contributed by atoms with Gasteiger partial charge in [-0.2, -0.15) is 0 Å². The van der Waals surface area contributed by atoms with E-state index < -0.39 is 0 Å². The number of nitrogens with zero attached hydrogens (tertiary/aromatic N) is 1. The lowest BCUT2D eigenvalue weighted by molar-refractivity contribution is 0.628. The second kappa shape index (κ2) is 4.45. The van der Waals surface area contributed by atoms with Crippen LogP contribution >= 0.6 is 11.8 Å². The highest BCUT2D eigenvalue weighted by molar-refractivity contribution is 7.98. The van der Waals surface area contributed by atoms with Gasteiger partial charge in [-0.05, 0) is 42.7 Å². The zero-order chi connectivity index (χ0) is 10.7. The van der Waals surface area contributed by atoms with E-state index in [1.165, 1.54) is 12.1 Å². The number of halogens is 1. The van der Waals surface area contributed by atoms with E-state index in [4.69, 9.17) is 0 Å². The Bertz CT molecular complexity index is 436. The first-order valence-corrected chi connectivity index (χ1v) is 5.78. The van der Waals surface area contributed by atoms with Gasteiger partial charge in [0.1, 0.15) is 5.82 Å². The Morgan fingerprint density at radius 2 is 1.80 bits per heavy atom. The molecule has 0 bridgehead atoms. The SMILES string of the molecule is CSc1ccc(-c2ccc(F)cc2)nc1. The normalized spacial score (nSPS) is 10.3. The molecule has 2 aromatic rings. The molecule has 1 nitrogen and oxygen atoms in total. The van der Waals surface area contributed by atoms with Crippen molar-refractivity contribution < 1.29 is 4.39 Å². The zero-order valence-corrected chi connectivity index (χ0v) is 9.09. The average Bonchev–Trinajstić information content (AvgIpc) is 2.30. The second-order valence-corrected chi connectivity index (χ2v) is 3.97. The van der Waals surface area contributed by atoms with Crippen molar-refractivity contribution in [3.63, 3.8) is 0 Å². The molecule has 0 aliphatic rings. The van der Waals surface area contributed by atoms with Crippen LogP contribution in [-0.4, -0.2) is 11.2 Å². The van der Waals surface area contributed by atoms with Gasteiger partial charge in [-0.1, -0.05) is 0 Å². The summed E-state index contributed by atoms with van der Waals surface area (Å²) in [5.41, 5.74) is 1.80. The van der Waals surface area contributed by atoms with E-state index in [0.717, 1.165) is 16.2 Å². The molecule has 2 rings (SSSR count). The summed E-state index contributed by atoms with van der Waals surface area (Å²) in [6.45, 7) is 0. The van der Waals surface area contributed by atoms with Crippen molar-refractivity contribution in [1.82, 2.24) is 4.98 Å². The third-order valence-corrected chi connectivity index (χ3v) is 2.82. The fraction of sp³-hybridized carbons (Fsp3) is 0.0833.